The Morgan fingerprint density at radius 1 is 0.567 bits per heavy atom. The normalized spacial score (nSPS) is 11.6. The number of azo groups is 1. The Morgan fingerprint density at radius 2 is 1.12 bits per heavy atom. The van der Waals surface area contributed by atoms with Gasteiger partial charge in [-0.3, -0.25) is 4.79 Å². The number of nitrogens with zero attached hydrogens (tertiary/aromatic N) is 2. The second kappa shape index (κ2) is 25.2. The van der Waals surface area contributed by atoms with Crippen LogP contribution in [-0.4, -0.2) is 50.3 Å². The van der Waals surface area contributed by atoms with Gasteiger partial charge in [0, 0.05) is 28.6 Å². The highest BCUT2D eigenvalue weighted by molar-refractivity contribution is 6.01. The van der Waals surface area contributed by atoms with Gasteiger partial charge >= 0.3 is 23.9 Å². The predicted molar refractivity (Wildman–Crippen MR) is 262 cm³/mol. The van der Waals surface area contributed by atoms with Crippen LogP contribution in [0.25, 0.3) is 10.8 Å². The van der Waals surface area contributed by atoms with Gasteiger partial charge in [-0.15, -0.1) is 5.11 Å². The minimum atomic E-state index is -0.560. The monoisotopic (exact) mass is 911 g/mol. The van der Waals surface area contributed by atoms with Crippen LogP contribution in [0.15, 0.2) is 132 Å². The van der Waals surface area contributed by atoms with E-state index in [-0.39, 0.29) is 17.4 Å². The molecule has 0 fully saturated rings. The standard InChI is InChI=1S/C55H65N3O9/c1-39(2)50(59)64-35-15-9-8-14-34-63-44-30-24-42(25-31-44)52(61)67-45-28-20-40(21-29-45)38-56-48-32-33-49(47-19-13-12-18-46(47)48)58-57-43-26-22-41(23-27-43)51(60)65-36-16-10-11-17-37-66-53(62)55(6,7)54(3,4)5/h12-13,18-33,56H,1,8-11,14-17,34-38H2,2-7H3. The number of benzene rings is 5. The van der Waals surface area contributed by atoms with Gasteiger partial charge in [0.05, 0.1) is 54.3 Å². The highest BCUT2D eigenvalue weighted by atomic mass is 16.5. The lowest BCUT2D eigenvalue weighted by Gasteiger charge is -2.36. The van der Waals surface area contributed by atoms with Crippen LogP contribution in [0.1, 0.15) is 119 Å². The quantitative estimate of drug-likeness (QED) is 0.0150. The molecule has 0 amide bonds. The van der Waals surface area contributed by atoms with E-state index in [2.05, 4.69) is 22.1 Å². The predicted octanol–water partition coefficient (Wildman–Crippen LogP) is 13.5. The van der Waals surface area contributed by atoms with E-state index in [9.17, 15) is 19.2 Å². The Bertz CT molecular complexity index is 2450. The molecule has 0 radical (unpaired) electrons. The minimum Gasteiger partial charge on any atom is -0.494 e. The maximum Gasteiger partial charge on any atom is 0.343 e. The van der Waals surface area contributed by atoms with Crippen molar-refractivity contribution in [2.24, 2.45) is 21.1 Å². The van der Waals surface area contributed by atoms with E-state index in [1.807, 2.05) is 83.1 Å². The van der Waals surface area contributed by atoms with Gasteiger partial charge in [0.25, 0.3) is 0 Å². The van der Waals surface area contributed by atoms with Gasteiger partial charge in [-0.1, -0.05) is 63.7 Å². The van der Waals surface area contributed by atoms with Crippen LogP contribution in [0, 0.1) is 10.8 Å². The van der Waals surface area contributed by atoms with Crippen molar-refractivity contribution in [3.8, 4) is 11.5 Å². The third-order valence-electron chi connectivity index (χ3n) is 11.8. The van der Waals surface area contributed by atoms with E-state index in [1.165, 1.54) is 0 Å². The molecule has 5 aromatic rings. The molecule has 1 N–H and O–H groups in total. The van der Waals surface area contributed by atoms with Crippen molar-refractivity contribution in [1.82, 2.24) is 0 Å². The summed E-state index contributed by atoms with van der Waals surface area (Å²) in [7, 11) is 0. The number of rotatable bonds is 25. The van der Waals surface area contributed by atoms with Crippen molar-refractivity contribution >= 4 is 51.7 Å². The summed E-state index contributed by atoms with van der Waals surface area (Å²) < 4.78 is 27.6. The maximum atomic E-state index is 12.9. The number of carbonyl (C=O) groups excluding carboxylic acids is 4. The SMILES string of the molecule is C=C(C)C(=O)OCCCCCCOc1ccc(C(=O)Oc2ccc(CNc3ccc(N=Nc4ccc(C(=O)OCCCCCCOC(=O)C(C)(C)C(C)(C)C)cc4)c4ccccc34)cc2)cc1. The van der Waals surface area contributed by atoms with Crippen LogP contribution in [0.3, 0.4) is 0 Å². The zero-order valence-electron chi connectivity index (χ0n) is 39.9. The molecule has 0 unspecified atom stereocenters. The van der Waals surface area contributed by atoms with E-state index >= 15 is 0 Å². The van der Waals surface area contributed by atoms with Crippen LogP contribution in [0.4, 0.5) is 17.1 Å². The average molecular weight is 912 g/mol. The van der Waals surface area contributed by atoms with E-state index in [4.69, 9.17) is 23.7 Å². The van der Waals surface area contributed by atoms with Crippen molar-refractivity contribution in [2.45, 2.75) is 99.5 Å². The second-order valence-electron chi connectivity index (χ2n) is 18.1. The van der Waals surface area contributed by atoms with Crippen LogP contribution >= 0.6 is 0 Å². The molecule has 0 aliphatic rings. The van der Waals surface area contributed by atoms with Crippen LogP contribution in [0.2, 0.25) is 0 Å². The maximum absolute atomic E-state index is 12.9. The smallest absolute Gasteiger partial charge is 0.343 e. The number of esters is 4. The molecule has 5 rings (SSSR count). The number of ether oxygens (including phenoxy) is 5. The summed E-state index contributed by atoms with van der Waals surface area (Å²) in [5, 5.41) is 14.4. The summed E-state index contributed by atoms with van der Waals surface area (Å²) in [5.41, 5.74) is 3.75. The van der Waals surface area contributed by atoms with E-state index in [1.54, 1.807) is 67.6 Å². The average Bonchev–Trinajstić information content (AvgIpc) is 3.32. The van der Waals surface area contributed by atoms with Crippen LogP contribution < -0.4 is 14.8 Å². The molecule has 0 bridgehead atoms. The topological polar surface area (TPSA) is 151 Å². The lowest BCUT2D eigenvalue weighted by atomic mass is 9.69. The number of carbonyl (C=O) groups is 4. The first-order chi connectivity index (χ1) is 32.1. The molecule has 5 aromatic carbocycles. The van der Waals surface area contributed by atoms with Crippen molar-refractivity contribution in [2.75, 3.05) is 31.7 Å². The molecule has 0 saturated heterocycles. The second-order valence-corrected chi connectivity index (χ2v) is 18.1. The lowest BCUT2D eigenvalue weighted by molar-refractivity contribution is -0.160. The third kappa shape index (κ3) is 15.9. The first-order valence-electron chi connectivity index (χ1n) is 23.1. The van der Waals surface area contributed by atoms with Crippen molar-refractivity contribution in [1.29, 1.82) is 0 Å². The van der Waals surface area contributed by atoms with Crippen molar-refractivity contribution < 1.29 is 42.9 Å². The molecule has 12 heteroatoms. The van der Waals surface area contributed by atoms with Crippen molar-refractivity contribution in [3.05, 3.63) is 138 Å². The molecule has 354 valence electrons. The summed E-state index contributed by atoms with van der Waals surface area (Å²) in [4.78, 5) is 49.4. The number of hydrogen-bond donors (Lipinski definition) is 1. The van der Waals surface area contributed by atoms with E-state index in [0.717, 1.165) is 73.4 Å². The minimum absolute atomic E-state index is 0.177. The number of hydrogen-bond acceptors (Lipinski definition) is 12. The Labute approximate surface area is 395 Å². The summed E-state index contributed by atoms with van der Waals surface area (Å²) >= 11 is 0. The lowest BCUT2D eigenvalue weighted by Crippen LogP contribution is -2.39. The molecule has 0 aliphatic heterocycles. The Kier molecular flexibility index (Phi) is 19.2. The molecule has 12 nitrogen and oxygen atoms in total. The fourth-order valence-electron chi connectivity index (χ4n) is 6.52. The first kappa shape index (κ1) is 51.2. The largest absolute Gasteiger partial charge is 0.494 e. The number of unbranched alkanes of at least 4 members (excludes halogenated alkanes) is 6. The fourth-order valence-corrected chi connectivity index (χ4v) is 6.52. The third-order valence-corrected chi connectivity index (χ3v) is 11.8. The zero-order valence-corrected chi connectivity index (χ0v) is 39.9. The van der Waals surface area contributed by atoms with Gasteiger partial charge in [-0.25, -0.2) is 14.4 Å². The number of nitrogens with one attached hydrogen (secondary N) is 1. The van der Waals surface area contributed by atoms with Gasteiger partial charge in [0.2, 0.25) is 0 Å². The summed E-state index contributed by atoms with van der Waals surface area (Å²) in [6.07, 6.45) is 6.80. The first-order valence-corrected chi connectivity index (χ1v) is 23.1. The van der Waals surface area contributed by atoms with Gasteiger partial charge in [-0.05, 0) is 156 Å². The van der Waals surface area contributed by atoms with Crippen molar-refractivity contribution in [3.63, 3.8) is 0 Å². The Hall–Kier alpha value is -6.82. The van der Waals surface area contributed by atoms with Gasteiger partial charge in [-0.2, -0.15) is 5.11 Å². The molecule has 0 atom stereocenters. The van der Waals surface area contributed by atoms with E-state index in [0.29, 0.717) is 72.5 Å². The number of anilines is 1. The molecule has 0 saturated carbocycles. The Morgan fingerprint density at radius 3 is 1.75 bits per heavy atom. The molecular weight excluding hydrogens is 847 g/mol. The molecular formula is C55H65N3O9. The Balaban J connectivity index is 1.01. The van der Waals surface area contributed by atoms with E-state index < -0.39 is 17.4 Å². The highest BCUT2D eigenvalue weighted by Crippen LogP contribution is 2.39. The van der Waals surface area contributed by atoms with Crippen LogP contribution in [0.5, 0.6) is 11.5 Å². The highest BCUT2D eigenvalue weighted by Gasteiger charge is 2.41. The molecule has 0 aliphatic carbocycles. The zero-order chi connectivity index (χ0) is 48.2. The van der Waals surface area contributed by atoms with Gasteiger partial charge < -0.3 is 29.0 Å². The number of fused-ring (bicyclic) bond motifs is 1. The van der Waals surface area contributed by atoms with Gasteiger partial charge in [0.1, 0.15) is 11.5 Å². The summed E-state index contributed by atoms with van der Waals surface area (Å²) in [6.45, 7) is 17.3. The fraction of sp³-hybridized carbons (Fsp3) is 0.382. The molecule has 0 heterocycles. The summed E-state index contributed by atoms with van der Waals surface area (Å²) in [6, 6.07) is 33.0. The molecule has 0 spiro atoms. The summed E-state index contributed by atoms with van der Waals surface area (Å²) in [5.74, 6) is -0.266. The van der Waals surface area contributed by atoms with Gasteiger partial charge in [0.15, 0.2) is 0 Å². The molecule has 0 aromatic heterocycles. The van der Waals surface area contributed by atoms with Crippen LogP contribution in [-0.2, 0) is 30.3 Å². The molecule has 67 heavy (non-hydrogen) atoms.